The molecule has 1 amide bonds. The lowest BCUT2D eigenvalue weighted by Crippen LogP contribution is -2.61. The first-order valence-corrected chi connectivity index (χ1v) is 27.2. The molecule has 75 heavy (non-hydrogen) atoms. The molecule has 3 aliphatic heterocycles. The van der Waals surface area contributed by atoms with Crippen LogP contribution >= 0.6 is 0 Å². The predicted molar refractivity (Wildman–Crippen MR) is 282 cm³/mol. The number of nitrogens with one attached hydrogen (secondary N) is 3. The van der Waals surface area contributed by atoms with E-state index in [0.29, 0.717) is 42.1 Å². The van der Waals surface area contributed by atoms with E-state index in [4.69, 9.17) is 14.2 Å². The normalized spacial score (nSPS) is 20.2. The fraction of sp³-hybridized carbons (Fsp3) is 0.429. The molecule has 4 aliphatic rings. The van der Waals surface area contributed by atoms with E-state index < -0.39 is 48.5 Å². The summed E-state index contributed by atoms with van der Waals surface area (Å²) in [7, 11) is -3.10. The molecule has 10 rings (SSSR count). The van der Waals surface area contributed by atoms with Gasteiger partial charge in [0.25, 0.3) is 21.6 Å². The Morgan fingerprint density at radius 3 is 2.44 bits per heavy atom. The number of alkyl halides is 1. The van der Waals surface area contributed by atoms with Crippen LogP contribution in [0.25, 0.3) is 11.0 Å². The lowest BCUT2D eigenvalue weighted by atomic mass is 9.59. The molecule has 4 fully saturated rings. The zero-order valence-corrected chi connectivity index (χ0v) is 43.5. The van der Waals surface area contributed by atoms with Crippen molar-refractivity contribution in [2.24, 2.45) is 5.41 Å². The summed E-state index contributed by atoms with van der Waals surface area (Å²) in [6.45, 7) is 10.8. The Morgan fingerprint density at radius 2 is 1.72 bits per heavy atom. The number of carbonyl (C=O) groups excluding carboxylic acids is 1. The van der Waals surface area contributed by atoms with Crippen LogP contribution in [-0.2, 0) is 21.3 Å². The number of aromatic nitrogens is 2. The van der Waals surface area contributed by atoms with Gasteiger partial charge >= 0.3 is 0 Å². The van der Waals surface area contributed by atoms with Crippen molar-refractivity contribution in [3.63, 3.8) is 0 Å². The Kier molecular flexibility index (Phi) is 14.6. The molecular weight excluding hydrogens is 983 g/mol. The number of H-pyrrole nitrogens is 1. The van der Waals surface area contributed by atoms with Crippen molar-refractivity contribution in [2.45, 2.75) is 100 Å². The summed E-state index contributed by atoms with van der Waals surface area (Å²) in [5.74, 6) is -0.661. The molecule has 16 nitrogen and oxygen atoms in total. The summed E-state index contributed by atoms with van der Waals surface area (Å²) in [5, 5.41) is 15.6. The van der Waals surface area contributed by atoms with Crippen LogP contribution in [-0.4, -0.2) is 110 Å². The van der Waals surface area contributed by atoms with Crippen molar-refractivity contribution in [1.29, 1.82) is 0 Å². The molecule has 5 heterocycles. The Bertz CT molecular complexity index is 3170. The molecule has 2 aromatic heterocycles. The molecule has 1 aliphatic carbocycles. The van der Waals surface area contributed by atoms with Gasteiger partial charge in [0, 0.05) is 107 Å². The monoisotopic (exact) mass is 1050 g/mol. The molecule has 2 atom stereocenters. The average Bonchev–Trinajstić information content (AvgIpc) is 3.87. The fourth-order valence-corrected chi connectivity index (χ4v) is 12.6. The number of aromatic amines is 1. The number of nitrogens with zero attached hydrogens (tertiary/aromatic N) is 5. The van der Waals surface area contributed by atoms with Gasteiger partial charge in [-0.3, -0.25) is 24.7 Å². The van der Waals surface area contributed by atoms with E-state index in [9.17, 15) is 23.3 Å². The van der Waals surface area contributed by atoms with Crippen LogP contribution in [0.4, 0.5) is 25.8 Å². The quantitative estimate of drug-likeness (QED) is 0.0615. The third-order valence-electron chi connectivity index (χ3n) is 16.0. The van der Waals surface area contributed by atoms with Gasteiger partial charge in [-0.2, -0.15) is 0 Å². The third-order valence-corrected chi connectivity index (χ3v) is 17.3. The van der Waals surface area contributed by atoms with Crippen molar-refractivity contribution in [2.75, 3.05) is 63.3 Å². The summed E-state index contributed by atoms with van der Waals surface area (Å²) in [6.07, 6.45) is 7.06. The van der Waals surface area contributed by atoms with Gasteiger partial charge in [0.15, 0.2) is 0 Å². The first-order chi connectivity index (χ1) is 36.0. The van der Waals surface area contributed by atoms with E-state index in [2.05, 4.69) is 82.3 Å². The number of piperidine rings is 1. The average molecular weight is 1050 g/mol. The zero-order valence-electron chi connectivity index (χ0n) is 42.7. The van der Waals surface area contributed by atoms with E-state index >= 15 is 8.78 Å². The Morgan fingerprint density at radius 1 is 0.973 bits per heavy atom. The number of methoxy groups -OCH3 is 1. The lowest BCUT2D eigenvalue weighted by Gasteiger charge is -2.59. The van der Waals surface area contributed by atoms with Crippen LogP contribution in [0.1, 0.15) is 98.3 Å². The Labute approximate surface area is 435 Å². The Balaban J connectivity index is 0.858. The molecule has 1 saturated carbocycles. The van der Waals surface area contributed by atoms with Gasteiger partial charge in [0.1, 0.15) is 40.1 Å². The summed E-state index contributed by atoms with van der Waals surface area (Å²) < 4.78 is 78.4. The van der Waals surface area contributed by atoms with Crippen molar-refractivity contribution < 1.29 is 41.1 Å². The number of pyridine rings is 1. The molecule has 3 saturated heterocycles. The minimum Gasteiger partial charge on any atom is -0.497 e. The maximum Gasteiger partial charge on any atom is 0.293 e. The second-order valence-electron chi connectivity index (χ2n) is 21.1. The van der Waals surface area contributed by atoms with Crippen molar-refractivity contribution in [3.8, 4) is 17.2 Å². The number of rotatable bonds is 16. The number of sulfonamides is 1. The molecule has 19 heteroatoms. The number of piperazine rings is 1. The van der Waals surface area contributed by atoms with Gasteiger partial charge in [-0.1, -0.05) is 50.2 Å². The SMILES string of the molecule is COc1ccc(CN2C[C@@H](c3ccccc3C(C)C)N(C3CC4(CCN(c5cc(Oc6cnc7[nH]ccc7c6)c(C(=O)NS(=O)(=O)c6ccc(NCC7(F)CCOCC7)c([N+](=O)[O-])c6)cc5F)CC4)C3)C[C@@H]2C)cc1. The molecule has 6 aromatic rings. The summed E-state index contributed by atoms with van der Waals surface area (Å²) in [6, 6.07) is 27.0. The largest absolute Gasteiger partial charge is 0.497 e. The van der Waals surface area contributed by atoms with Gasteiger partial charge < -0.3 is 29.4 Å². The van der Waals surface area contributed by atoms with E-state index in [1.807, 2.05) is 21.8 Å². The maximum absolute atomic E-state index is 16.6. The standard InChI is InChI=1S/C56H64F2N8O8S/c1-36(2)44-7-5-6-8-45(44)51-34-64(33-38-9-11-41(72-4)12-10-38)37(3)32-65(51)40-29-55(30-40)16-21-63(22-17-55)49-28-52(74-42-25-39-15-20-59-53(39)60-31-42)46(27-47(49)57)54(67)62-75(70,71)43-13-14-48(50(26-43)66(68)69)61-35-56(58)18-23-73-24-19-56/h5-15,20,25-28,31,36-37,40,51,61H,16-19,21-24,29-30,32-35H2,1-4H3,(H,59,60)(H,62,67)/t37-,51-/m0/s1. The number of hydrogen-bond acceptors (Lipinski definition) is 13. The lowest BCUT2D eigenvalue weighted by molar-refractivity contribution is -0.384. The first kappa shape index (κ1) is 51.8. The number of ether oxygens (including phenoxy) is 3. The second kappa shape index (κ2) is 21.2. The molecule has 0 bridgehead atoms. The van der Waals surface area contributed by atoms with Crippen LogP contribution in [0, 0.1) is 21.3 Å². The fourth-order valence-electron chi connectivity index (χ4n) is 11.6. The zero-order chi connectivity index (χ0) is 52.6. The minimum absolute atomic E-state index is 0.0813. The number of benzene rings is 4. The highest BCUT2D eigenvalue weighted by Crippen LogP contribution is 2.54. The maximum atomic E-state index is 16.6. The summed E-state index contributed by atoms with van der Waals surface area (Å²) in [4.78, 5) is 39.6. The number of halogens is 2. The van der Waals surface area contributed by atoms with Gasteiger partial charge in [-0.15, -0.1) is 0 Å². The highest BCUT2D eigenvalue weighted by Gasteiger charge is 2.51. The number of nitro groups is 1. The first-order valence-electron chi connectivity index (χ1n) is 25.8. The number of amides is 1. The van der Waals surface area contributed by atoms with E-state index in [0.717, 1.165) is 75.3 Å². The second-order valence-corrected chi connectivity index (χ2v) is 22.8. The molecular formula is C56H64F2N8O8S. The predicted octanol–water partition coefficient (Wildman–Crippen LogP) is 10.3. The van der Waals surface area contributed by atoms with Gasteiger partial charge in [-0.25, -0.2) is 26.9 Å². The van der Waals surface area contributed by atoms with Gasteiger partial charge in [-0.05, 0) is 103 Å². The van der Waals surface area contributed by atoms with Crippen molar-refractivity contribution in [1.82, 2.24) is 24.5 Å². The highest BCUT2D eigenvalue weighted by molar-refractivity contribution is 7.90. The topological polar surface area (TPSA) is 184 Å². The van der Waals surface area contributed by atoms with Crippen molar-refractivity contribution >= 4 is 44.0 Å². The van der Waals surface area contributed by atoms with Gasteiger partial charge in [0.2, 0.25) is 0 Å². The highest BCUT2D eigenvalue weighted by atomic mass is 32.2. The molecule has 0 unspecified atom stereocenters. The molecule has 3 N–H and O–H groups in total. The van der Waals surface area contributed by atoms with Gasteiger partial charge in [0.05, 0.1) is 34.4 Å². The number of hydrogen-bond donors (Lipinski definition) is 3. The number of anilines is 2. The van der Waals surface area contributed by atoms with Crippen LogP contribution in [0.5, 0.6) is 17.2 Å². The summed E-state index contributed by atoms with van der Waals surface area (Å²) in [5.41, 5.74) is 2.04. The molecule has 4 aromatic carbocycles. The Hall–Kier alpha value is -6.67. The molecule has 1 spiro atoms. The van der Waals surface area contributed by atoms with E-state index in [-0.39, 0.29) is 66.9 Å². The van der Waals surface area contributed by atoms with Crippen molar-refractivity contribution in [3.05, 3.63) is 142 Å². The summed E-state index contributed by atoms with van der Waals surface area (Å²) >= 11 is 0. The smallest absolute Gasteiger partial charge is 0.293 e. The molecule has 396 valence electrons. The minimum atomic E-state index is -4.79. The van der Waals surface area contributed by atoms with Crippen LogP contribution in [0.15, 0.2) is 108 Å². The van der Waals surface area contributed by atoms with Crippen LogP contribution in [0.3, 0.4) is 0 Å². The van der Waals surface area contributed by atoms with E-state index in [1.54, 1.807) is 25.4 Å². The van der Waals surface area contributed by atoms with E-state index in [1.165, 1.54) is 29.0 Å². The molecule has 0 radical (unpaired) electrons. The van der Waals surface area contributed by atoms with Crippen LogP contribution in [0.2, 0.25) is 0 Å². The van der Waals surface area contributed by atoms with Crippen LogP contribution < -0.4 is 24.4 Å². The number of carbonyl (C=O) groups is 1. The third kappa shape index (κ3) is 11.0. The number of nitro benzene ring substituents is 1. The number of fused-ring (bicyclic) bond motifs is 1.